The normalized spacial score (nSPS) is 13.2. The van der Waals surface area contributed by atoms with E-state index in [2.05, 4.69) is 62.4 Å². The van der Waals surface area contributed by atoms with Gasteiger partial charge in [0.1, 0.15) is 5.76 Å². The second kappa shape index (κ2) is 4.65. The van der Waals surface area contributed by atoms with Gasteiger partial charge in [-0.15, -0.1) is 0 Å². The Morgan fingerprint density at radius 3 is 2.39 bits per heavy atom. The first-order chi connectivity index (χ1) is 8.81. The number of benzene rings is 2. The summed E-state index contributed by atoms with van der Waals surface area (Å²) >= 11 is 2.34. The van der Waals surface area contributed by atoms with E-state index in [1.54, 1.807) is 7.11 Å². The highest BCUT2D eigenvalue weighted by atomic mass is 127. The van der Waals surface area contributed by atoms with Crippen molar-refractivity contribution < 1.29 is 4.74 Å². The second-order valence-corrected chi connectivity index (χ2v) is 5.03. The fourth-order valence-electron chi connectivity index (χ4n) is 2.16. The average molecular weight is 349 g/mol. The summed E-state index contributed by atoms with van der Waals surface area (Å²) in [5.41, 5.74) is 4.61. The highest BCUT2D eigenvalue weighted by molar-refractivity contribution is 14.1. The quantitative estimate of drug-likeness (QED) is 0.550. The van der Waals surface area contributed by atoms with Crippen LogP contribution >= 0.6 is 22.9 Å². The average Bonchev–Trinajstić information content (AvgIpc) is 2.55. The lowest BCUT2D eigenvalue weighted by Gasteiger charge is -2.19. The number of methoxy groups -OCH3 is 1. The van der Waals surface area contributed by atoms with Gasteiger partial charge in [0.15, 0.2) is 0 Å². The van der Waals surface area contributed by atoms with E-state index in [1.165, 1.54) is 11.3 Å². The second-order valence-electron chi connectivity index (χ2n) is 4.07. The molecule has 3 rings (SSSR count). The molecular weight excluding hydrogens is 337 g/mol. The molecule has 0 atom stereocenters. The van der Waals surface area contributed by atoms with E-state index in [0.717, 1.165) is 17.0 Å². The zero-order valence-electron chi connectivity index (χ0n) is 9.93. The van der Waals surface area contributed by atoms with Gasteiger partial charge in [0.2, 0.25) is 0 Å². The topological polar surface area (TPSA) is 12.5 Å². The predicted molar refractivity (Wildman–Crippen MR) is 83.9 cm³/mol. The fourth-order valence-corrected chi connectivity index (χ4v) is 3.02. The lowest BCUT2D eigenvalue weighted by Crippen LogP contribution is -2.03. The summed E-state index contributed by atoms with van der Waals surface area (Å²) in [6.45, 7) is 0. The lowest BCUT2D eigenvalue weighted by atomic mass is 10.1. The molecule has 0 radical (unpaired) electrons. The minimum atomic E-state index is 0.900. The van der Waals surface area contributed by atoms with E-state index in [0.29, 0.717) is 0 Å². The number of hydrogen-bond donors (Lipinski definition) is 0. The number of hydrogen-bond acceptors (Lipinski definition) is 2. The van der Waals surface area contributed by atoms with Crippen molar-refractivity contribution in [1.29, 1.82) is 0 Å². The maximum Gasteiger partial charge on any atom is 0.128 e. The Balaban J connectivity index is 2.31. The smallest absolute Gasteiger partial charge is 0.128 e. The molecule has 2 aromatic carbocycles. The summed E-state index contributed by atoms with van der Waals surface area (Å²) in [4.78, 5) is 0. The number of halogens is 1. The van der Waals surface area contributed by atoms with Gasteiger partial charge in [-0.25, -0.2) is 0 Å². The van der Waals surface area contributed by atoms with Crippen LogP contribution in [0.25, 0.3) is 11.8 Å². The third-order valence-corrected chi connectivity index (χ3v) is 4.08. The van der Waals surface area contributed by atoms with Crippen LogP contribution in [0.2, 0.25) is 0 Å². The monoisotopic (exact) mass is 349 g/mol. The molecule has 0 fully saturated rings. The summed E-state index contributed by atoms with van der Waals surface area (Å²) in [6, 6.07) is 16.6. The van der Waals surface area contributed by atoms with E-state index in [1.807, 2.05) is 18.2 Å². The molecule has 0 amide bonds. The molecule has 0 saturated heterocycles. The van der Waals surface area contributed by atoms with Crippen molar-refractivity contribution in [3.63, 3.8) is 0 Å². The summed E-state index contributed by atoms with van der Waals surface area (Å²) in [7, 11) is 1.72. The van der Waals surface area contributed by atoms with E-state index < -0.39 is 0 Å². The molecule has 1 aliphatic rings. The summed E-state index contributed by atoms with van der Waals surface area (Å²) < 4.78 is 7.71. The minimum Gasteiger partial charge on any atom is -0.496 e. The van der Waals surface area contributed by atoms with Crippen LogP contribution in [0.1, 0.15) is 11.1 Å². The highest BCUT2D eigenvalue weighted by Gasteiger charge is 2.19. The largest absolute Gasteiger partial charge is 0.496 e. The standard InChI is InChI=1S/C15H12INO/c1-18-15-10-11-6-2-4-8-13(11)17(16)14-9-5-3-7-12(14)15/h2-10H,1H3. The van der Waals surface area contributed by atoms with Crippen LogP contribution < -0.4 is 3.11 Å². The fraction of sp³-hybridized carbons (Fsp3) is 0.0667. The molecule has 0 bridgehead atoms. The van der Waals surface area contributed by atoms with E-state index in [4.69, 9.17) is 4.74 Å². The Hall–Kier alpha value is -1.49. The zero-order chi connectivity index (χ0) is 12.5. The van der Waals surface area contributed by atoms with Gasteiger partial charge in [0, 0.05) is 11.1 Å². The predicted octanol–water partition coefficient (Wildman–Crippen LogP) is 4.63. The van der Waals surface area contributed by atoms with E-state index >= 15 is 0 Å². The molecule has 3 heteroatoms. The van der Waals surface area contributed by atoms with Crippen LogP contribution in [0, 0.1) is 0 Å². The van der Waals surface area contributed by atoms with Gasteiger partial charge in [-0.1, -0.05) is 30.3 Å². The van der Waals surface area contributed by atoms with Crippen LogP contribution in [-0.4, -0.2) is 7.11 Å². The molecule has 18 heavy (non-hydrogen) atoms. The van der Waals surface area contributed by atoms with Crippen molar-refractivity contribution in [3.8, 4) is 0 Å². The van der Waals surface area contributed by atoms with Gasteiger partial charge < -0.3 is 4.74 Å². The highest BCUT2D eigenvalue weighted by Crippen LogP contribution is 2.41. The number of para-hydroxylation sites is 2. The molecule has 0 aromatic heterocycles. The Labute approximate surface area is 120 Å². The van der Waals surface area contributed by atoms with Crippen LogP contribution in [0.5, 0.6) is 0 Å². The Bertz CT molecular complexity index is 621. The molecule has 90 valence electrons. The SMILES string of the molecule is COC1=Cc2ccccc2N(I)c2ccccc21. The number of anilines is 2. The number of rotatable bonds is 1. The van der Waals surface area contributed by atoms with Crippen LogP contribution in [0.3, 0.4) is 0 Å². The number of nitrogens with zero attached hydrogens (tertiary/aromatic N) is 1. The van der Waals surface area contributed by atoms with Crippen molar-refractivity contribution in [2.24, 2.45) is 0 Å². The lowest BCUT2D eigenvalue weighted by molar-refractivity contribution is 0.373. The molecule has 0 N–H and O–H groups in total. The summed E-state index contributed by atoms with van der Waals surface area (Å²) in [5.74, 6) is 0.900. The zero-order valence-corrected chi connectivity index (χ0v) is 12.1. The van der Waals surface area contributed by atoms with E-state index in [9.17, 15) is 0 Å². The van der Waals surface area contributed by atoms with Crippen molar-refractivity contribution in [1.82, 2.24) is 0 Å². The van der Waals surface area contributed by atoms with Gasteiger partial charge in [-0.3, -0.25) is 3.11 Å². The molecular formula is C15H12INO. The van der Waals surface area contributed by atoms with E-state index in [-0.39, 0.29) is 0 Å². The Morgan fingerprint density at radius 2 is 1.61 bits per heavy atom. The van der Waals surface area contributed by atoms with Crippen LogP contribution in [-0.2, 0) is 4.74 Å². The maximum absolute atomic E-state index is 5.53. The van der Waals surface area contributed by atoms with Crippen molar-refractivity contribution in [3.05, 3.63) is 59.7 Å². The van der Waals surface area contributed by atoms with Gasteiger partial charge >= 0.3 is 0 Å². The molecule has 0 aliphatic carbocycles. The third-order valence-electron chi connectivity index (χ3n) is 3.04. The first-order valence-corrected chi connectivity index (χ1v) is 6.68. The molecule has 2 nitrogen and oxygen atoms in total. The molecule has 0 saturated carbocycles. The maximum atomic E-state index is 5.53. The van der Waals surface area contributed by atoms with Crippen LogP contribution in [0.4, 0.5) is 11.4 Å². The molecule has 1 aliphatic heterocycles. The van der Waals surface area contributed by atoms with Crippen molar-refractivity contribution in [2.75, 3.05) is 10.2 Å². The van der Waals surface area contributed by atoms with Gasteiger partial charge in [-0.2, -0.15) is 0 Å². The summed E-state index contributed by atoms with van der Waals surface area (Å²) in [6.07, 6.45) is 2.09. The number of ether oxygens (including phenoxy) is 1. The van der Waals surface area contributed by atoms with Gasteiger partial charge in [-0.05, 0) is 24.3 Å². The van der Waals surface area contributed by atoms with Gasteiger partial charge in [0.05, 0.1) is 41.3 Å². The summed E-state index contributed by atoms with van der Waals surface area (Å²) in [5, 5.41) is 0. The van der Waals surface area contributed by atoms with Gasteiger partial charge in [0.25, 0.3) is 0 Å². The Kier molecular flexibility index (Phi) is 2.99. The van der Waals surface area contributed by atoms with Crippen molar-refractivity contribution >= 4 is 46.1 Å². The van der Waals surface area contributed by atoms with Crippen LogP contribution in [0.15, 0.2) is 48.5 Å². The number of fused-ring (bicyclic) bond motifs is 2. The first-order valence-electron chi connectivity index (χ1n) is 5.71. The third kappa shape index (κ3) is 1.79. The Morgan fingerprint density at radius 1 is 0.944 bits per heavy atom. The van der Waals surface area contributed by atoms with Crippen molar-refractivity contribution in [2.45, 2.75) is 0 Å². The first kappa shape index (κ1) is 11.6. The molecule has 1 heterocycles. The minimum absolute atomic E-state index is 0.900. The molecule has 2 aromatic rings. The molecule has 0 spiro atoms. The molecule has 0 unspecified atom stereocenters.